The fourth-order valence-corrected chi connectivity index (χ4v) is 3.53. The molecule has 1 amide bonds. The molecule has 1 fully saturated rings. The lowest BCUT2D eigenvalue weighted by Gasteiger charge is -2.30. The number of halogens is 2. The molecule has 1 aromatic carbocycles. The monoisotopic (exact) mass is 405 g/mol. The van der Waals surface area contributed by atoms with E-state index in [0.717, 1.165) is 43.1 Å². The summed E-state index contributed by atoms with van der Waals surface area (Å²) in [5, 5.41) is 6.46. The van der Waals surface area contributed by atoms with Crippen LogP contribution in [-0.2, 0) is 0 Å². The van der Waals surface area contributed by atoms with Gasteiger partial charge in [0.25, 0.3) is 5.91 Å². The van der Waals surface area contributed by atoms with Crippen molar-refractivity contribution < 1.29 is 9.18 Å². The van der Waals surface area contributed by atoms with Crippen LogP contribution in [0.4, 0.5) is 16.0 Å². The van der Waals surface area contributed by atoms with Crippen LogP contribution in [0.1, 0.15) is 41.9 Å². The van der Waals surface area contributed by atoms with Crippen molar-refractivity contribution in [3.63, 3.8) is 0 Å². The SMILES string of the molecule is Cc1nc(N[C@H]2CC[C@@H](NC(=O)c3ccc(F)c(Cl)c3)CC2)cc(N(C)C)n1. The summed E-state index contributed by atoms with van der Waals surface area (Å²) in [4.78, 5) is 23.2. The lowest BCUT2D eigenvalue weighted by atomic mass is 9.91. The minimum atomic E-state index is -0.526. The largest absolute Gasteiger partial charge is 0.367 e. The third kappa shape index (κ3) is 5.10. The summed E-state index contributed by atoms with van der Waals surface area (Å²) < 4.78 is 13.3. The van der Waals surface area contributed by atoms with Crippen molar-refractivity contribution in [2.45, 2.75) is 44.7 Å². The van der Waals surface area contributed by atoms with Crippen molar-refractivity contribution in [3.8, 4) is 0 Å². The Hall–Kier alpha value is -2.41. The first-order valence-corrected chi connectivity index (χ1v) is 9.75. The number of carbonyl (C=O) groups is 1. The summed E-state index contributed by atoms with van der Waals surface area (Å²) in [5.74, 6) is 1.67. The minimum absolute atomic E-state index is 0.0437. The first-order valence-electron chi connectivity index (χ1n) is 9.37. The molecule has 0 radical (unpaired) electrons. The number of hydrogen-bond acceptors (Lipinski definition) is 5. The van der Waals surface area contributed by atoms with Crippen LogP contribution in [0.3, 0.4) is 0 Å². The third-order valence-electron chi connectivity index (χ3n) is 4.88. The van der Waals surface area contributed by atoms with E-state index in [-0.39, 0.29) is 17.0 Å². The van der Waals surface area contributed by atoms with E-state index in [1.54, 1.807) is 0 Å². The highest BCUT2D eigenvalue weighted by Gasteiger charge is 2.23. The van der Waals surface area contributed by atoms with E-state index < -0.39 is 5.82 Å². The van der Waals surface area contributed by atoms with Gasteiger partial charge in [-0.3, -0.25) is 4.79 Å². The van der Waals surface area contributed by atoms with E-state index >= 15 is 0 Å². The van der Waals surface area contributed by atoms with E-state index in [9.17, 15) is 9.18 Å². The Morgan fingerprint density at radius 2 is 1.82 bits per heavy atom. The molecule has 1 aliphatic rings. The second-order valence-electron chi connectivity index (χ2n) is 7.35. The average molecular weight is 406 g/mol. The molecule has 1 aromatic heterocycles. The molecule has 0 bridgehead atoms. The van der Waals surface area contributed by atoms with Gasteiger partial charge in [-0.1, -0.05) is 11.6 Å². The van der Waals surface area contributed by atoms with Gasteiger partial charge in [-0.25, -0.2) is 14.4 Å². The number of amides is 1. The van der Waals surface area contributed by atoms with Gasteiger partial charge in [-0.05, 0) is 50.8 Å². The summed E-state index contributed by atoms with van der Waals surface area (Å²) in [7, 11) is 3.90. The number of rotatable bonds is 5. The van der Waals surface area contributed by atoms with Crippen molar-refractivity contribution in [2.24, 2.45) is 0 Å². The maximum Gasteiger partial charge on any atom is 0.251 e. The molecular weight excluding hydrogens is 381 g/mol. The lowest BCUT2D eigenvalue weighted by Crippen LogP contribution is -2.40. The van der Waals surface area contributed by atoms with E-state index in [1.807, 2.05) is 32.0 Å². The Morgan fingerprint density at radius 1 is 1.14 bits per heavy atom. The highest BCUT2D eigenvalue weighted by atomic mass is 35.5. The standard InChI is InChI=1S/C20H25ClFN5O/c1-12-23-18(11-19(24-12)27(2)3)25-14-5-7-15(8-6-14)26-20(28)13-4-9-17(22)16(21)10-13/h4,9-11,14-15H,5-8H2,1-3H3,(H,26,28)(H,23,24,25)/t14-,15+. The molecule has 0 spiro atoms. The zero-order valence-electron chi connectivity index (χ0n) is 16.3. The fourth-order valence-electron chi connectivity index (χ4n) is 3.35. The van der Waals surface area contributed by atoms with Crippen LogP contribution in [0.15, 0.2) is 24.3 Å². The normalized spacial score (nSPS) is 19.2. The number of aryl methyl sites for hydroxylation is 1. The van der Waals surface area contributed by atoms with Crippen LogP contribution in [-0.4, -0.2) is 42.1 Å². The predicted molar refractivity (Wildman–Crippen MR) is 110 cm³/mol. The quantitative estimate of drug-likeness (QED) is 0.791. The number of nitrogens with zero attached hydrogens (tertiary/aromatic N) is 3. The van der Waals surface area contributed by atoms with Gasteiger partial charge in [-0.15, -0.1) is 0 Å². The lowest BCUT2D eigenvalue weighted by molar-refractivity contribution is 0.0926. The molecule has 150 valence electrons. The summed E-state index contributed by atoms with van der Waals surface area (Å²) in [6.45, 7) is 1.88. The van der Waals surface area contributed by atoms with Gasteiger partial charge in [0.1, 0.15) is 23.3 Å². The second kappa shape index (κ2) is 8.73. The van der Waals surface area contributed by atoms with Gasteiger partial charge in [-0.2, -0.15) is 0 Å². The molecule has 28 heavy (non-hydrogen) atoms. The summed E-state index contributed by atoms with van der Waals surface area (Å²) in [5.41, 5.74) is 0.374. The first kappa shape index (κ1) is 20.3. The fraction of sp³-hybridized carbons (Fsp3) is 0.450. The zero-order valence-corrected chi connectivity index (χ0v) is 17.1. The van der Waals surface area contributed by atoms with Gasteiger partial charge >= 0.3 is 0 Å². The van der Waals surface area contributed by atoms with Gasteiger partial charge in [0.15, 0.2) is 0 Å². The molecule has 0 unspecified atom stereocenters. The Bertz CT molecular complexity index is 852. The molecule has 2 aromatic rings. The summed E-state index contributed by atoms with van der Waals surface area (Å²) in [6.07, 6.45) is 3.58. The maximum absolute atomic E-state index is 13.3. The average Bonchev–Trinajstić information content (AvgIpc) is 2.65. The Labute approximate surface area is 169 Å². The number of carbonyl (C=O) groups excluding carboxylic acids is 1. The molecule has 1 heterocycles. The molecule has 0 aliphatic heterocycles. The van der Waals surface area contributed by atoms with E-state index in [1.165, 1.54) is 18.2 Å². The van der Waals surface area contributed by atoms with Crippen molar-refractivity contribution in [3.05, 3.63) is 46.5 Å². The molecule has 1 aliphatic carbocycles. The van der Waals surface area contributed by atoms with E-state index in [0.29, 0.717) is 11.6 Å². The van der Waals surface area contributed by atoms with Gasteiger partial charge < -0.3 is 15.5 Å². The molecule has 0 atom stereocenters. The topological polar surface area (TPSA) is 70.2 Å². The summed E-state index contributed by atoms with van der Waals surface area (Å²) >= 11 is 5.76. The highest BCUT2D eigenvalue weighted by molar-refractivity contribution is 6.31. The molecule has 2 N–H and O–H groups in total. The highest BCUT2D eigenvalue weighted by Crippen LogP contribution is 2.24. The minimum Gasteiger partial charge on any atom is -0.367 e. The van der Waals surface area contributed by atoms with Gasteiger partial charge in [0, 0.05) is 37.8 Å². The number of aromatic nitrogens is 2. The predicted octanol–water partition coefficient (Wildman–Crippen LogP) is 3.80. The van der Waals surface area contributed by atoms with Gasteiger partial charge in [0.2, 0.25) is 0 Å². The van der Waals surface area contributed by atoms with Crippen molar-refractivity contribution >= 4 is 29.1 Å². The molecule has 3 rings (SSSR count). The van der Waals surface area contributed by atoms with Crippen molar-refractivity contribution in [2.75, 3.05) is 24.3 Å². The molecule has 6 nitrogen and oxygen atoms in total. The first-order chi connectivity index (χ1) is 13.3. The van der Waals surface area contributed by atoms with Crippen molar-refractivity contribution in [1.29, 1.82) is 0 Å². The number of nitrogens with one attached hydrogen (secondary N) is 2. The van der Waals surface area contributed by atoms with Crippen LogP contribution in [0.2, 0.25) is 5.02 Å². The smallest absolute Gasteiger partial charge is 0.251 e. The molecular formula is C20H25ClFN5O. The van der Waals surface area contributed by atoms with Crippen molar-refractivity contribution in [1.82, 2.24) is 15.3 Å². The van der Waals surface area contributed by atoms with E-state index in [4.69, 9.17) is 11.6 Å². The van der Waals surface area contributed by atoms with E-state index in [2.05, 4.69) is 20.6 Å². The van der Waals surface area contributed by atoms with Crippen LogP contribution in [0.5, 0.6) is 0 Å². The number of benzene rings is 1. The molecule has 1 saturated carbocycles. The van der Waals surface area contributed by atoms with Crippen LogP contribution < -0.4 is 15.5 Å². The van der Waals surface area contributed by atoms with Crippen LogP contribution >= 0.6 is 11.6 Å². The third-order valence-corrected chi connectivity index (χ3v) is 5.17. The van der Waals surface area contributed by atoms with Crippen LogP contribution in [0, 0.1) is 12.7 Å². The number of anilines is 2. The number of hydrogen-bond donors (Lipinski definition) is 2. The van der Waals surface area contributed by atoms with Crippen LogP contribution in [0.25, 0.3) is 0 Å². The Kier molecular flexibility index (Phi) is 6.34. The second-order valence-corrected chi connectivity index (χ2v) is 7.76. The maximum atomic E-state index is 13.3. The molecule has 0 saturated heterocycles. The zero-order chi connectivity index (χ0) is 20.3. The Morgan fingerprint density at radius 3 is 2.46 bits per heavy atom. The van der Waals surface area contributed by atoms with Gasteiger partial charge in [0.05, 0.1) is 5.02 Å². The Balaban J connectivity index is 1.53. The summed E-state index contributed by atoms with van der Waals surface area (Å²) in [6, 6.07) is 6.36. The molecule has 8 heteroatoms.